The van der Waals surface area contributed by atoms with E-state index in [-0.39, 0.29) is 0 Å². The van der Waals surface area contributed by atoms with Gasteiger partial charge < -0.3 is 9.13 Å². The van der Waals surface area contributed by atoms with Crippen LogP contribution in [0.25, 0.3) is 84.1 Å². The van der Waals surface area contributed by atoms with Crippen LogP contribution in [-0.2, 0) is 20.5 Å². The summed E-state index contributed by atoms with van der Waals surface area (Å²) in [5.74, 6) is 2.48. The molecule has 9 aromatic rings. The zero-order valence-corrected chi connectivity index (χ0v) is 26.5. The second-order valence-corrected chi connectivity index (χ2v) is 13.0. The Kier molecular flexibility index (Phi) is 5.36. The molecule has 1 aliphatic rings. The quantitative estimate of drug-likeness (QED) is 0.201. The van der Waals surface area contributed by atoms with Crippen molar-refractivity contribution < 1.29 is 0 Å². The summed E-state index contributed by atoms with van der Waals surface area (Å²) in [4.78, 5) is 9.88. The minimum absolute atomic E-state index is 0.515. The Morgan fingerprint density at radius 1 is 0.532 bits per heavy atom. The molecule has 47 heavy (non-hydrogen) atoms. The zero-order chi connectivity index (χ0) is 31.4. The third kappa shape index (κ3) is 3.78. The number of benzene rings is 5. The number of allylic oxidation sites excluding steroid dienone is 1. The molecule has 0 spiro atoms. The van der Waals surface area contributed by atoms with Crippen molar-refractivity contribution in [2.45, 2.75) is 13.3 Å². The van der Waals surface area contributed by atoms with Crippen molar-refractivity contribution in [1.29, 1.82) is 0 Å². The Bertz CT molecular complexity index is 2750. The summed E-state index contributed by atoms with van der Waals surface area (Å²) in [5.41, 5.74) is 16.5. The number of rotatable bonds is 3. The van der Waals surface area contributed by atoms with Crippen molar-refractivity contribution >= 4 is 50.7 Å². The van der Waals surface area contributed by atoms with E-state index in [1.807, 2.05) is 6.07 Å². The molecule has 0 aliphatic heterocycles. The predicted octanol–water partition coefficient (Wildman–Crippen LogP) is 9.32. The standard InChI is InChI=1S/C41H32N6/c1-25-11-18-33-37(21-25)47-39-23-30(16-19-36(39)45(3)41(47)43-33)27-14-12-26(13-15-27)28-7-6-8-29(22-28)31-17-20-35-38(24-31)46-34-10-5-4-9-32(34)42-40(46)44(35)2/h4-20,22-25H,21H2,1-3H3. The van der Waals surface area contributed by atoms with Crippen LogP contribution >= 0.6 is 0 Å². The Labute approximate surface area is 271 Å². The molecule has 1 unspecified atom stereocenters. The molecule has 4 aromatic heterocycles. The lowest BCUT2D eigenvalue weighted by atomic mass is 9.96. The molecular formula is C41H32N6. The van der Waals surface area contributed by atoms with Crippen molar-refractivity contribution in [3.05, 3.63) is 127 Å². The minimum atomic E-state index is 0.515. The molecule has 4 heterocycles. The van der Waals surface area contributed by atoms with Gasteiger partial charge >= 0.3 is 0 Å². The van der Waals surface area contributed by atoms with Crippen molar-refractivity contribution in [1.82, 2.24) is 27.9 Å². The smallest absolute Gasteiger partial charge is 0.215 e. The Morgan fingerprint density at radius 3 is 1.83 bits per heavy atom. The lowest BCUT2D eigenvalue weighted by Crippen LogP contribution is -2.05. The lowest BCUT2D eigenvalue weighted by Gasteiger charge is -2.12. The van der Waals surface area contributed by atoms with Gasteiger partial charge in [0, 0.05) is 14.1 Å². The number of hydrogen-bond acceptors (Lipinski definition) is 2. The second kappa shape index (κ2) is 9.56. The first-order chi connectivity index (χ1) is 23.0. The minimum Gasteiger partial charge on any atom is -0.313 e. The van der Waals surface area contributed by atoms with Crippen molar-refractivity contribution in [3.8, 4) is 33.4 Å². The largest absolute Gasteiger partial charge is 0.313 e. The van der Waals surface area contributed by atoms with Gasteiger partial charge in [-0.2, -0.15) is 0 Å². The number of fused-ring (bicyclic) bond motifs is 10. The third-order valence-corrected chi connectivity index (χ3v) is 10.1. The van der Waals surface area contributed by atoms with Gasteiger partial charge in [-0.05, 0) is 94.3 Å². The first-order valence-corrected chi connectivity index (χ1v) is 16.3. The highest BCUT2D eigenvalue weighted by Crippen LogP contribution is 2.34. The van der Waals surface area contributed by atoms with Gasteiger partial charge in [-0.25, -0.2) is 9.97 Å². The highest BCUT2D eigenvalue weighted by molar-refractivity contribution is 5.93. The van der Waals surface area contributed by atoms with Crippen LogP contribution in [0.1, 0.15) is 18.3 Å². The maximum Gasteiger partial charge on any atom is 0.215 e. The lowest BCUT2D eigenvalue weighted by molar-refractivity contribution is 0.697. The van der Waals surface area contributed by atoms with Crippen LogP contribution in [0.15, 0.2) is 115 Å². The Morgan fingerprint density at radius 2 is 1.11 bits per heavy atom. The summed E-state index contributed by atoms with van der Waals surface area (Å²) < 4.78 is 9.02. The fraction of sp³-hybridized carbons (Fsp3) is 0.122. The molecule has 0 amide bonds. The van der Waals surface area contributed by atoms with Crippen molar-refractivity contribution in [3.63, 3.8) is 0 Å². The number of imidazole rings is 4. The van der Waals surface area contributed by atoms with Gasteiger partial charge in [0.25, 0.3) is 0 Å². The Hall–Kier alpha value is -5.88. The van der Waals surface area contributed by atoms with E-state index in [1.165, 1.54) is 61.1 Å². The number of nitrogens with zero attached hydrogens (tertiary/aromatic N) is 6. The second-order valence-electron chi connectivity index (χ2n) is 13.0. The van der Waals surface area contributed by atoms with Crippen molar-refractivity contribution in [2.24, 2.45) is 20.0 Å². The summed E-state index contributed by atoms with van der Waals surface area (Å²) in [6, 6.07) is 39.7. The molecule has 5 aromatic carbocycles. The van der Waals surface area contributed by atoms with Gasteiger partial charge in [-0.15, -0.1) is 0 Å². The van der Waals surface area contributed by atoms with Crippen LogP contribution in [0.2, 0.25) is 0 Å². The van der Waals surface area contributed by atoms with Gasteiger partial charge in [0.15, 0.2) is 0 Å². The summed E-state index contributed by atoms with van der Waals surface area (Å²) in [6.07, 6.45) is 5.45. The van der Waals surface area contributed by atoms with Crippen LogP contribution in [0, 0.1) is 5.92 Å². The molecule has 1 aliphatic carbocycles. The molecular weight excluding hydrogens is 576 g/mol. The van der Waals surface area contributed by atoms with Crippen LogP contribution in [-0.4, -0.2) is 27.9 Å². The molecule has 0 N–H and O–H groups in total. The molecule has 0 saturated heterocycles. The Balaban J connectivity index is 1.01. The molecule has 226 valence electrons. The van der Waals surface area contributed by atoms with Crippen LogP contribution in [0.4, 0.5) is 0 Å². The van der Waals surface area contributed by atoms with E-state index in [0.29, 0.717) is 5.92 Å². The molecule has 0 radical (unpaired) electrons. The summed E-state index contributed by atoms with van der Waals surface area (Å²) in [6.45, 7) is 2.27. The summed E-state index contributed by atoms with van der Waals surface area (Å²) in [5, 5.41) is 0. The van der Waals surface area contributed by atoms with E-state index in [2.05, 4.69) is 154 Å². The monoisotopic (exact) mass is 608 g/mol. The number of para-hydroxylation sites is 2. The number of hydrogen-bond donors (Lipinski definition) is 0. The maximum atomic E-state index is 4.97. The fourth-order valence-corrected chi connectivity index (χ4v) is 7.65. The fourth-order valence-electron chi connectivity index (χ4n) is 7.65. The molecule has 6 nitrogen and oxygen atoms in total. The first kappa shape index (κ1) is 26.3. The maximum absolute atomic E-state index is 4.97. The predicted molar refractivity (Wildman–Crippen MR) is 193 cm³/mol. The highest BCUT2D eigenvalue weighted by atomic mass is 15.2. The van der Waals surface area contributed by atoms with Gasteiger partial charge in [-0.3, -0.25) is 8.80 Å². The SMILES string of the molecule is CC1C=Cc2nc3n(C)c4ccc(-c5ccc(-c6cccc(-c7ccc8c(c7)n7c9ccccc9nc7n8C)c6)cc5)cc4n3c2C1. The average Bonchev–Trinajstić information content (AvgIpc) is 3.83. The van der Waals surface area contributed by atoms with E-state index in [4.69, 9.17) is 9.97 Å². The summed E-state index contributed by atoms with van der Waals surface area (Å²) in [7, 11) is 4.21. The van der Waals surface area contributed by atoms with Crippen molar-refractivity contribution in [2.75, 3.05) is 0 Å². The molecule has 0 bridgehead atoms. The van der Waals surface area contributed by atoms with Crippen LogP contribution in [0.3, 0.4) is 0 Å². The molecule has 6 heteroatoms. The van der Waals surface area contributed by atoms with Crippen LogP contribution < -0.4 is 0 Å². The average molecular weight is 609 g/mol. The first-order valence-electron chi connectivity index (χ1n) is 16.3. The van der Waals surface area contributed by atoms with Crippen LogP contribution in [0.5, 0.6) is 0 Å². The number of aromatic nitrogens is 6. The van der Waals surface area contributed by atoms with E-state index in [0.717, 1.165) is 34.7 Å². The summed E-state index contributed by atoms with van der Waals surface area (Å²) >= 11 is 0. The van der Waals surface area contributed by atoms with E-state index >= 15 is 0 Å². The molecule has 10 rings (SSSR count). The molecule has 0 fully saturated rings. The van der Waals surface area contributed by atoms with E-state index in [1.54, 1.807) is 0 Å². The molecule has 1 atom stereocenters. The van der Waals surface area contributed by atoms with Gasteiger partial charge in [-0.1, -0.05) is 79.7 Å². The zero-order valence-electron chi connectivity index (χ0n) is 26.5. The van der Waals surface area contributed by atoms with E-state index < -0.39 is 0 Å². The number of aryl methyl sites for hydroxylation is 2. The normalized spacial score (nSPS) is 14.7. The van der Waals surface area contributed by atoms with Gasteiger partial charge in [0.2, 0.25) is 11.6 Å². The molecule has 0 saturated carbocycles. The van der Waals surface area contributed by atoms with Gasteiger partial charge in [0.1, 0.15) is 0 Å². The van der Waals surface area contributed by atoms with Gasteiger partial charge in [0.05, 0.1) is 44.5 Å². The topological polar surface area (TPSA) is 44.5 Å². The third-order valence-electron chi connectivity index (χ3n) is 10.1. The van der Waals surface area contributed by atoms with E-state index in [9.17, 15) is 0 Å². The highest BCUT2D eigenvalue weighted by Gasteiger charge is 2.21.